The molecule has 0 amide bonds. The number of hydrogen-bond donors (Lipinski definition) is 3. The van der Waals surface area contributed by atoms with Crippen molar-refractivity contribution < 1.29 is 0 Å². The van der Waals surface area contributed by atoms with Crippen molar-refractivity contribution in [3.8, 4) is 0 Å². The van der Waals surface area contributed by atoms with Gasteiger partial charge in [-0.15, -0.1) is 0 Å². The molecule has 0 saturated carbocycles. The van der Waals surface area contributed by atoms with Gasteiger partial charge in [-0.25, -0.2) is 9.98 Å². The van der Waals surface area contributed by atoms with E-state index in [2.05, 4.69) is 20.0 Å². The Morgan fingerprint density at radius 1 is 1.24 bits per heavy atom. The average molecular weight is 338 g/mol. The van der Waals surface area contributed by atoms with Crippen LogP contribution in [0.5, 0.6) is 0 Å². The number of aromatic amines is 1. The number of aromatic nitrogens is 2. The normalized spacial score (nSPS) is 13.0. The Balaban J connectivity index is 2.64. The number of hydrogen-bond acceptors (Lipinski definition) is 5. The van der Waals surface area contributed by atoms with Gasteiger partial charge in [-0.2, -0.15) is 0 Å². The van der Waals surface area contributed by atoms with Crippen LogP contribution in [0.15, 0.2) is 51.3 Å². The molecule has 0 fully saturated rings. The summed E-state index contributed by atoms with van der Waals surface area (Å²) in [5.74, 6) is 0.0698. The second kappa shape index (κ2) is 8.05. The predicted octanol–water partition coefficient (Wildman–Crippen LogP) is 2.60. The fourth-order valence-electron chi connectivity index (χ4n) is 2.47. The molecule has 2 rings (SSSR count). The first-order valence-electron chi connectivity index (χ1n) is 7.89. The van der Waals surface area contributed by atoms with Crippen molar-refractivity contribution >= 4 is 29.3 Å². The summed E-state index contributed by atoms with van der Waals surface area (Å²) in [5.41, 5.74) is 13.9. The van der Waals surface area contributed by atoms with Crippen molar-refractivity contribution in [1.29, 1.82) is 0 Å². The maximum absolute atomic E-state index is 12.5. The highest BCUT2D eigenvalue weighted by molar-refractivity contribution is 6.23. The summed E-state index contributed by atoms with van der Waals surface area (Å²) >= 11 is 0. The van der Waals surface area contributed by atoms with E-state index in [9.17, 15) is 4.79 Å². The molecule has 130 valence electrons. The highest BCUT2D eigenvalue weighted by Crippen LogP contribution is 2.24. The number of aliphatic imine (C=N–C) groups is 2. The van der Waals surface area contributed by atoms with Crippen molar-refractivity contribution in [2.75, 3.05) is 0 Å². The number of nitrogens with one attached hydrogen (secondary N) is 1. The molecular formula is C18H22N6O. The highest BCUT2D eigenvalue weighted by atomic mass is 16.1. The maximum Gasteiger partial charge on any atom is 0.256 e. The van der Waals surface area contributed by atoms with Crippen LogP contribution < -0.4 is 17.0 Å². The molecule has 0 aliphatic carbocycles. The zero-order valence-electron chi connectivity index (χ0n) is 14.5. The van der Waals surface area contributed by atoms with Gasteiger partial charge in [0.1, 0.15) is 0 Å². The largest absolute Gasteiger partial charge is 0.404 e. The van der Waals surface area contributed by atoms with Gasteiger partial charge in [-0.1, -0.05) is 32.0 Å². The Kier molecular flexibility index (Phi) is 5.84. The number of nitrogens with zero attached hydrogens (tertiary/aromatic N) is 3. The van der Waals surface area contributed by atoms with Crippen molar-refractivity contribution in [3.05, 3.63) is 58.1 Å². The highest BCUT2D eigenvalue weighted by Gasteiger charge is 2.19. The molecule has 7 heteroatoms. The van der Waals surface area contributed by atoms with Gasteiger partial charge in [0, 0.05) is 23.0 Å². The van der Waals surface area contributed by atoms with E-state index in [1.807, 2.05) is 51.1 Å². The molecule has 0 aliphatic rings. The molecule has 1 aromatic carbocycles. The van der Waals surface area contributed by atoms with E-state index in [-0.39, 0.29) is 17.4 Å². The SMILES string of the molecule is CC(=Nc1ccccc1)C(=CN)c1nc(N=CN)[nH]c(=O)c1C(C)C. The Morgan fingerprint density at radius 3 is 2.48 bits per heavy atom. The first-order valence-corrected chi connectivity index (χ1v) is 7.89. The third-order valence-corrected chi connectivity index (χ3v) is 3.58. The number of allylic oxidation sites excluding steroid dienone is 1. The number of rotatable bonds is 5. The van der Waals surface area contributed by atoms with Gasteiger partial charge in [0.15, 0.2) is 0 Å². The van der Waals surface area contributed by atoms with Crippen molar-refractivity contribution in [3.63, 3.8) is 0 Å². The molecule has 2 aromatic rings. The molecule has 0 bridgehead atoms. The van der Waals surface area contributed by atoms with Crippen molar-refractivity contribution in [2.24, 2.45) is 21.5 Å². The summed E-state index contributed by atoms with van der Waals surface area (Å²) in [5, 5.41) is 0. The van der Waals surface area contributed by atoms with Gasteiger partial charge in [0.2, 0.25) is 5.95 Å². The van der Waals surface area contributed by atoms with Crippen molar-refractivity contribution in [2.45, 2.75) is 26.7 Å². The topological polar surface area (TPSA) is 123 Å². The second-order valence-corrected chi connectivity index (χ2v) is 5.70. The van der Waals surface area contributed by atoms with Gasteiger partial charge in [0.25, 0.3) is 5.56 Å². The van der Waals surface area contributed by atoms with Crippen LogP contribution in [0.1, 0.15) is 37.9 Å². The summed E-state index contributed by atoms with van der Waals surface area (Å²) in [6, 6.07) is 9.49. The number of para-hydroxylation sites is 1. The lowest BCUT2D eigenvalue weighted by molar-refractivity contribution is 0.824. The molecule has 25 heavy (non-hydrogen) atoms. The zero-order valence-corrected chi connectivity index (χ0v) is 14.5. The summed E-state index contributed by atoms with van der Waals surface area (Å²) in [6.45, 7) is 5.66. The molecule has 5 N–H and O–H groups in total. The first-order chi connectivity index (χ1) is 12.0. The molecule has 1 aromatic heterocycles. The van der Waals surface area contributed by atoms with Crippen LogP contribution in [0.25, 0.3) is 5.57 Å². The average Bonchev–Trinajstić information content (AvgIpc) is 2.56. The van der Waals surface area contributed by atoms with E-state index in [0.717, 1.165) is 12.0 Å². The van der Waals surface area contributed by atoms with Crippen LogP contribution in [-0.2, 0) is 0 Å². The molecule has 1 heterocycles. The first kappa shape index (κ1) is 18.1. The summed E-state index contributed by atoms with van der Waals surface area (Å²) < 4.78 is 0. The third kappa shape index (κ3) is 4.20. The van der Waals surface area contributed by atoms with E-state index in [1.165, 1.54) is 6.20 Å². The fraction of sp³-hybridized carbons (Fsp3) is 0.222. The Hall–Kier alpha value is -3.22. The molecule has 0 saturated heterocycles. The quantitative estimate of drug-likeness (QED) is 0.572. The zero-order chi connectivity index (χ0) is 18.4. The van der Waals surface area contributed by atoms with E-state index in [0.29, 0.717) is 22.5 Å². The predicted molar refractivity (Wildman–Crippen MR) is 103 cm³/mol. The summed E-state index contributed by atoms with van der Waals surface area (Å²) in [7, 11) is 0. The molecule has 0 aliphatic heterocycles. The van der Waals surface area contributed by atoms with Crippen LogP contribution in [0, 0.1) is 0 Å². The second-order valence-electron chi connectivity index (χ2n) is 5.70. The lowest BCUT2D eigenvalue weighted by atomic mass is 9.96. The van der Waals surface area contributed by atoms with E-state index in [1.54, 1.807) is 0 Å². The van der Waals surface area contributed by atoms with Gasteiger partial charge in [0.05, 0.1) is 17.7 Å². The number of benzene rings is 1. The minimum Gasteiger partial charge on any atom is -0.404 e. The van der Waals surface area contributed by atoms with Crippen LogP contribution in [-0.4, -0.2) is 22.0 Å². The summed E-state index contributed by atoms with van der Waals surface area (Å²) in [6.07, 6.45) is 2.49. The van der Waals surface area contributed by atoms with E-state index in [4.69, 9.17) is 11.5 Å². The molecule has 0 spiro atoms. The standard InChI is InChI=1S/C18H22N6O/c1-11(2)15-16(23-18(21-10-20)24-17(15)25)14(9-19)12(3)22-13-7-5-4-6-8-13/h4-11H,19H2,1-3H3,(H3,20,21,23,24,25). The number of nitrogens with two attached hydrogens (primary N) is 2. The van der Waals surface area contributed by atoms with Crippen molar-refractivity contribution in [1.82, 2.24) is 9.97 Å². The van der Waals surface area contributed by atoms with E-state index < -0.39 is 0 Å². The van der Waals surface area contributed by atoms with Crippen LogP contribution in [0.4, 0.5) is 11.6 Å². The molecule has 0 unspecified atom stereocenters. The minimum absolute atomic E-state index is 0.0540. The smallest absolute Gasteiger partial charge is 0.256 e. The Bertz CT molecular complexity index is 878. The number of H-pyrrole nitrogens is 1. The fourth-order valence-corrected chi connectivity index (χ4v) is 2.47. The molecule has 0 atom stereocenters. The maximum atomic E-state index is 12.5. The molecular weight excluding hydrogens is 316 g/mol. The monoisotopic (exact) mass is 338 g/mol. The van der Waals surface area contributed by atoms with Gasteiger partial charge >= 0.3 is 0 Å². The van der Waals surface area contributed by atoms with Crippen LogP contribution in [0.3, 0.4) is 0 Å². The minimum atomic E-state index is -0.271. The van der Waals surface area contributed by atoms with Gasteiger partial charge < -0.3 is 11.5 Å². The lowest BCUT2D eigenvalue weighted by Gasteiger charge is -2.14. The summed E-state index contributed by atoms with van der Waals surface area (Å²) in [4.78, 5) is 27.9. The van der Waals surface area contributed by atoms with Crippen LogP contribution >= 0.6 is 0 Å². The van der Waals surface area contributed by atoms with Gasteiger partial charge in [-0.3, -0.25) is 14.8 Å². The molecule has 7 nitrogen and oxygen atoms in total. The van der Waals surface area contributed by atoms with Crippen LogP contribution in [0.2, 0.25) is 0 Å². The van der Waals surface area contributed by atoms with Gasteiger partial charge in [-0.05, 0) is 25.0 Å². The Labute approximate surface area is 146 Å². The lowest BCUT2D eigenvalue weighted by Crippen LogP contribution is -2.20. The molecule has 0 radical (unpaired) electrons. The Morgan fingerprint density at radius 2 is 1.92 bits per heavy atom. The third-order valence-electron chi connectivity index (χ3n) is 3.58. The van der Waals surface area contributed by atoms with E-state index >= 15 is 0 Å².